The van der Waals surface area contributed by atoms with Crippen molar-refractivity contribution in [2.75, 3.05) is 30.6 Å². The first-order valence-corrected chi connectivity index (χ1v) is 9.99. The first kappa shape index (κ1) is 21.5. The maximum atomic E-state index is 13.3. The van der Waals surface area contributed by atoms with Gasteiger partial charge in [0.1, 0.15) is 17.5 Å². The summed E-state index contributed by atoms with van der Waals surface area (Å²) >= 11 is 0. The molecule has 1 aliphatic heterocycles. The van der Waals surface area contributed by atoms with E-state index in [4.69, 9.17) is 14.2 Å². The monoisotopic (exact) mass is 412 g/mol. The third kappa shape index (κ3) is 3.92. The van der Waals surface area contributed by atoms with E-state index in [1.807, 2.05) is 43.0 Å². The first-order chi connectivity index (χ1) is 14.4. The first-order valence-electron chi connectivity index (χ1n) is 9.99. The lowest BCUT2D eigenvalue weighted by atomic mass is 9.90. The van der Waals surface area contributed by atoms with Crippen molar-refractivity contribution in [3.63, 3.8) is 0 Å². The average molecular weight is 412 g/mol. The molecule has 0 saturated carbocycles. The van der Waals surface area contributed by atoms with Crippen LogP contribution < -0.4 is 19.3 Å². The Balaban J connectivity index is 1.97. The summed E-state index contributed by atoms with van der Waals surface area (Å²) in [5.41, 5.74) is 1.47. The van der Waals surface area contributed by atoms with E-state index in [0.29, 0.717) is 11.4 Å². The predicted molar refractivity (Wildman–Crippen MR) is 115 cm³/mol. The molecule has 0 aliphatic carbocycles. The minimum absolute atomic E-state index is 0.0118. The molecule has 2 unspecified atom stereocenters. The summed E-state index contributed by atoms with van der Waals surface area (Å²) in [6.45, 7) is 6.00. The molecule has 0 N–H and O–H groups in total. The number of β-lactam (4-membered cyclic amide) rings is 1. The van der Waals surface area contributed by atoms with Crippen molar-refractivity contribution in [1.82, 2.24) is 0 Å². The van der Waals surface area contributed by atoms with E-state index in [2.05, 4.69) is 0 Å². The van der Waals surface area contributed by atoms with Crippen LogP contribution in [0.5, 0.6) is 11.5 Å². The van der Waals surface area contributed by atoms with Gasteiger partial charge in [0.2, 0.25) is 0 Å². The Morgan fingerprint density at radius 1 is 1.00 bits per heavy atom. The Morgan fingerprint density at radius 2 is 1.53 bits per heavy atom. The quantitative estimate of drug-likeness (QED) is 0.490. The Morgan fingerprint density at radius 3 is 2.00 bits per heavy atom. The molecule has 1 heterocycles. The number of amides is 1. The maximum Gasteiger partial charge on any atom is 0.331 e. The number of ether oxygens (including phenoxy) is 3. The molecule has 160 valence electrons. The molecule has 1 fully saturated rings. The van der Waals surface area contributed by atoms with Crippen LogP contribution in [0.4, 0.5) is 11.4 Å². The zero-order valence-electron chi connectivity index (χ0n) is 18.0. The molecule has 0 radical (unpaired) electrons. The molecule has 1 aliphatic rings. The van der Waals surface area contributed by atoms with Gasteiger partial charge in [-0.05, 0) is 69.3 Å². The fourth-order valence-electron chi connectivity index (χ4n) is 3.77. The molecule has 2 aromatic rings. The van der Waals surface area contributed by atoms with Gasteiger partial charge in [-0.1, -0.05) is 0 Å². The molecule has 1 saturated heterocycles. The van der Waals surface area contributed by atoms with Crippen molar-refractivity contribution in [3.8, 4) is 11.5 Å². The van der Waals surface area contributed by atoms with E-state index in [9.17, 15) is 9.59 Å². The van der Waals surface area contributed by atoms with E-state index < -0.39 is 18.1 Å². The normalized spacial score (nSPS) is 18.1. The second kappa shape index (κ2) is 9.07. The number of rotatable bonds is 8. The fourth-order valence-corrected chi connectivity index (χ4v) is 3.77. The van der Waals surface area contributed by atoms with Gasteiger partial charge < -0.3 is 19.1 Å². The van der Waals surface area contributed by atoms with E-state index in [1.165, 1.54) is 4.90 Å². The van der Waals surface area contributed by atoms with Crippen LogP contribution in [0.2, 0.25) is 0 Å². The summed E-state index contributed by atoms with van der Waals surface area (Å²) in [6.07, 6.45) is 0. The average Bonchev–Trinajstić information content (AvgIpc) is 2.75. The molecule has 0 spiro atoms. The topological polar surface area (TPSA) is 68.3 Å². The van der Waals surface area contributed by atoms with Gasteiger partial charge in [-0.2, -0.15) is 0 Å². The van der Waals surface area contributed by atoms with Gasteiger partial charge in [0.05, 0.1) is 20.8 Å². The van der Waals surface area contributed by atoms with Crippen LogP contribution in [0, 0.1) is 0 Å². The number of anilines is 2. The van der Waals surface area contributed by atoms with Gasteiger partial charge in [-0.25, -0.2) is 4.79 Å². The Kier molecular flexibility index (Phi) is 6.50. The second-order valence-corrected chi connectivity index (χ2v) is 7.25. The van der Waals surface area contributed by atoms with Gasteiger partial charge in [-0.3, -0.25) is 9.69 Å². The lowest BCUT2D eigenvalue weighted by molar-refractivity contribution is -0.151. The van der Waals surface area contributed by atoms with Crippen molar-refractivity contribution >= 4 is 23.3 Å². The Labute approximate surface area is 177 Å². The molecule has 7 nitrogen and oxygen atoms in total. The Hall–Kier alpha value is -3.22. The summed E-state index contributed by atoms with van der Waals surface area (Å²) < 4.78 is 15.8. The summed E-state index contributed by atoms with van der Waals surface area (Å²) in [6, 6.07) is 13.1. The van der Waals surface area contributed by atoms with Crippen molar-refractivity contribution in [2.45, 2.75) is 38.9 Å². The van der Waals surface area contributed by atoms with Crippen LogP contribution in [0.1, 0.15) is 20.8 Å². The number of hydrogen-bond acceptors (Lipinski definition) is 6. The van der Waals surface area contributed by atoms with Gasteiger partial charge in [0, 0.05) is 17.4 Å². The molecule has 2 aromatic carbocycles. The number of carbonyl (C=O) groups is 2. The van der Waals surface area contributed by atoms with Crippen LogP contribution in [0.25, 0.3) is 0 Å². The molecule has 30 heavy (non-hydrogen) atoms. The highest BCUT2D eigenvalue weighted by molar-refractivity contribution is 6.14. The molecule has 1 amide bonds. The largest absolute Gasteiger partial charge is 0.497 e. The molecular formula is C23H28N2O5. The zero-order chi connectivity index (χ0) is 21.8. The molecule has 7 heteroatoms. The van der Waals surface area contributed by atoms with Gasteiger partial charge >= 0.3 is 5.97 Å². The highest BCUT2D eigenvalue weighted by Crippen LogP contribution is 2.36. The third-order valence-electron chi connectivity index (χ3n) is 5.17. The minimum Gasteiger partial charge on any atom is -0.497 e. The van der Waals surface area contributed by atoms with E-state index in [1.54, 1.807) is 45.4 Å². The number of carbonyl (C=O) groups excluding carboxylic acids is 2. The number of benzene rings is 2. The van der Waals surface area contributed by atoms with Crippen LogP contribution in [-0.4, -0.2) is 50.8 Å². The SMILES string of the molecule is CCOC(=O)C1C(N(c2ccc(OC)cc2)C(C)C)C(=O)N1c1ccc(OC)cc1. The molecule has 0 aromatic heterocycles. The molecule has 2 atom stereocenters. The van der Waals surface area contributed by atoms with Crippen LogP contribution >= 0.6 is 0 Å². The van der Waals surface area contributed by atoms with Crippen molar-refractivity contribution in [1.29, 1.82) is 0 Å². The smallest absolute Gasteiger partial charge is 0.331 e. The van der Waals surface area contributed by atoms with Crippen molar-refractivity contribution in [3.05, 3.63) is 48.5 Å². The van der Waals surface area contributed by atoms with Gasteiger partial charge in [-0.15, -0.1) is 0 Å². The summed E-state index contributed by atoms with van der Waals surface area (Å²) in [4.78, 5) is 29.6. The van der Waals surface area contributed by atoms with Crippen molar-refractivity contribution in [2.24, 2.45) is 0 Å². The number of hydrogen-bond donors (Lipinski definition) is 0. The third-order valence-corrected chi connectivity index (χ3v) is 5.17. The minimum atomic E-state index is -0.740. The summed E-state index contributed by atoms with van der Waals surface area (Å²) in [5, 5.41) is 0. The number of nitrogens with zero attached hydrogens (tertiary/aromatic N) is 2. The molecular weight excluding hydrogens is 384 g/mol. The standard InChI is InChI=1S/C23H28N2O5/c1-6-30-23(27)21-20(22(26)25(21)17-9-13-19(29-5)14-10-17)24(15(2)3)16-7-11-18(28-4)12-8-16/h7-15,20-21H,6H2,1-5H3. The number of esters is 1. The number of methoxy groups -OCH3 is 2. The lowest BCUT2D eigenvalue weighted by Crippen LogP contribution is -2.75. The summed E-state index contributed by atoms with van der Waals surface area (Å²) in [5.74, 6) is 0.835. The highest BCUT2D eigenvalue weighted by Gasteiger charge is 2.56. The van der Waals surface area contributed by atoms with Gasteiger partial charge in [0.25, 0.3) is 5.91 Å². The maximum absolute atomic E-state index is 13.3. The van der Waals surface area contributed by atoms with E-state index in [-0.39, 0.29) is 18.6 Å². The molecule has 3 rings (SSSR count). The van der Waals surface area contributed by atoms with Crippen LogP contribution in [0.3, 0.4) is 0 Å². The van der Waals surface area contributed by atoms with Crippen molar-refractivity contribution < 1.29 is 23.8 Å². The van der Waals surface area contributed by atoms with Gasteiger partial charge in [0.15, 0.2) is 6.04 Å². The predicted octanol–water partition coefficient (Wildman–Crippen LogP) is 3.27. The Bertz CT molecular complexity index is 879. The molecule has 0 bridgehead atoms. The van der Waals surface area contributed by atoms with Crippen LogP contribution in [-0.2, 0) is 14.3 Å². The van der Waals surface area contributed by atoms with E-state index >= 15 is 0 Å². The van der Waals surface area contributed by atoms with Crippen LogP contribution in [0.15, 0.2) is 48.5 Å². The highest BCUT2D eigenvalue weighted by atomic mass is 16.5. The zero-order valence-corrected chi connectivity index (χ0v) is 18.0. The summed E-state index contributed by atoms with van der Waals surface area (Å²) in [7, 11) is 3.19. The van der Waals surface area contributed by atoms with E-state index in [0.717, 1.165) is 11.4 Å². The lowest BCUT2D eigenvalue weighted by Gasteiger charge is -2.51. The fraction of sp³-hybridized carbons (Fsp3) is 0.391. The second-order valence-electron chi connectivity index (χ2n) is 7.25.